The van der Waals surface area contributed by atoms with E-state index in [4.69, 9.17) is 15.5 Å². The molecule has 8 nitrogen and oxygen atoms in total. The maximum absolute atomic E-state index is 6.29. The number of aromatic nitrogens is 3. The van der Waals surface area contributed by atoms with Crippen LogP contribution in [0.15, 0.2) is 42.7 Å². The highest BCUT2D eigenvalue weighted by atomic mass is 16.5. The van der Waals surface area contributed by atoms with Gasteiger partial charge in [0.05, 0.1) is 5.52 Å². The average Bonchev–Trinajstić information content (AvgIpc) is 2.85. The van der Waals surface area contributed by atoms with E-state index in [0.717, 1.165) is 65.0 Å². The predicted octanol–water partition coefficient (Wildman–Crippen LogP) is 4.12. The second-order valence-corrected chi connectivity index (χ2v) is 9.01. The molecule has 0 spiro atoms. The highest BCUT2D eigenvalue weighted by molar-refractivity contribution is 6.01. The predicted molar refractivity (Wildman–Crippen MR) is 136 cm³/mol. The van der Waals surface area contributed by atoms with E-state index in [1.54, 1.807) is 6.20 Å². The number of hydrogen-bond acceptors (Lipinski definition) is 8. The van der Waals surface area contributed by atoms with Gasteiger partial charge in [0, 0.05) is 59.9 Å². The van der Waals surface area contributed by atoms with Crippen LogP contribution in [0.1, 0.15) is 16.7 Å². The molecule has 0 unspecified atom stereocenters. The molecule has 4 N–H and O–H groups in total. The molecule has 2 aliphatic heterocycles. The summed E-state index contributed by atoms with van der Waals surface area (Å²) in [5.41, 5.74) is 15.4. The van der Waals surface area contributed by atoms with Crippen LogP contribution in [-0.4, -0.2) is 46.6 Å². The molecule has 0 amide bonds. The van der Waals surface area contributed by atoms with Crippen molar-refractivity contribution in [1.29, 1.82) is 0 Å². The van der Waals surface area contributed by atoms with Crippen LogP contribution in [0, 0.1) is 6.92 Å². The summed E-state index contributed by atoms with van der Waals surface area (Å²) in [7, 11) is 2.15. The van der Waals surface area contributed by atoms with Crippen molar-refractivity contribution in [3.63, 3.8) is 0 Å². The fourth-order valence-corrected chi connectivity index (χ4v) is 4.82. The molecule has 2 aromatic carbocycles. The van der Waals surface area contributed by atoms with Gasteiger partial charge < -0.3 is 26.0 Å². The third-order valence-electron chi connectivity index (χ3n) is 6.69. The van der Waals surface area contributed by atoms with Crippen LogP contribution in [-0.2, 0) is 13.0 Å². The van der Waals surface area contributed by atoms with Crippen molar-refractivity contribution in [2.45, 2.75) is 19.9 Å². The molecule has 34 heavy (non-hydrogen) atoms. The van der Waals surface area contributed by atoms with E-state index in [1.165, 1.54) is 11.1 Å². The van der Waals surface area contributed by atoms with Gasteiger partial charge in [-0.25, -0.2) is 15.0 Å². The highest BCUT2D eigenvalue weighted by Gasteiger charge is 2.20. The van der Waals surface area contributed by atoms with Gasteiger partial charge in [0.15, 0.2) is 0 Å². The quantitative estimate of drug-likeness (QED) is 0.398. The first-order chi connectivity index (χ1) is 16.6. The zero-order valence-electron chi connectivity index (χ0n) is 19.4. The number of fused-ring (bicyclic) bond motifs is 3. The Morgan fingerprint density at radius 3 is 2.91 bits per heavy atom. The van der Waals surface area contributed by atoms with Crippen molar-refractivity contribution in [2.24, 2.45) is 0 Å². The van der Waals surface area contributed by atoms with Gasteiger partial charge in [-0.15, -0.1) is 0 Å². The van der Waals surface area contributed by atoms with Gasteiger partial charge in [0.2, 0.25) is 11.8 Å². The minimum Gasteiger partial charge on any atom is -0.474 e. The lowest BCUT2D eigenvalue weighted by atomic mass is 9.98. The van der Waals surface area contributed by atoms with Crippen LogP contribution < -0.4 is 21.1 Å². The molecule has 4 heterocycles. The summed E-state index contributed by atoms with van der Waals surface area (Å²) in [5.74, 6) is 1.18. The molecule has 2 aromatic heterocycles. The number of ether oxygens (including phenoxy) is 1. The maximum Gasteiger partial charge on any atom is 0.237 e. The van der Waals surface area contributed by atoms with Crippen molar-refractivity contribution < 1.29 is 4.74 Å². The standard InChI is InChI=1S/C26H27N7O/c1-15-20(12-29-25-23(15)28-8-10-34-25)19-5-6-22(27)21-13-30-26(32-24(19)21)31-18-4-3-16-7-9-33(2)14-17(16)11-18/h3-6,11-13,28H,7-10,14,27H2,1-2H3,(H,30,31,32). The fourth-order valence-electron chi connectivity index (χ4n) is 4.82. The Kier molecular flexibility index (Phi) is 4.95. The lowest BCUT2D eigenvalue weighted by molar-refractivity contribution is 0.310. The van der Waals surface area contributed by atoms with E-state index in [1.807, 2.05) is 18.3 Å². The highest BCUT2D eigenvalue weighted by Crippen LogP contribution is 2.38. The van der Waals surface area contributed by atoms with Gasteiger partial charge >= 0.3 is 0 Å². The number of pyridine rings is 1. The zero-order chi connectivity index (χ0) is 23.2. The molecule has 0 saturated heterocycles. The van der Waals surface area contributed by atoms with Gasteiger partial charge in [-0.1, -0.05) is 12.1 Å². The molecule has 0 bridgehead atoms. The Morgan fingerprint density at radius 2 is 2.00 bits per heavy atom. The second-order valence-electron chi connectivity index (χ2n) is 9.01. The SMILES string of the molecule is Cc1c(-c2ccc(N)c3cnc(Nc4ccc5c(c4)CN(C)CC5)nc23)cnc2c1NCCO2. The Bertz CT molecular complexity index is 1420. The summed E-state index contributed by atoms with van der Waals surface area (Å²) in [6, 6.07) is 10.4. The number of nitrogens with two attached hydrogens (primary N) is 1. The maximum atomic E-state index is 6.29. The van der Waals surface area contributed by atoms with Crippen LogP contribution in [0.5, 0.6) is 5.88 Å². The summed E-state index contributed by atoms with van der Waals surface area (Å²) in [5, 5.41) is 7.62. The van der Waals surface area contributed by atoms with E-state index in [0.29, 0.717) is 24.1 Å². The Morgan fingerprint density at radius 1 is 1.09 bits per heavy atom. The zero-order valence-corrected chi connectivity index (χ0v) is 19.4. The van der Waals surface area contributed by atoms with Crippen molar-refractivity contribution >= 4 is 33.9 Å². The number of likely N-dealkylation sites (N-methyl/N-ethyl adjacent to an activating group) is 1. The Labute approximate surface area is 198 Å². The minimum absolute atomic E-state index is 0.536. The van der Waals surface area contributed by atoms with Gasteiger partial charge in [0.25, 0.3) is 0 Å². The average molecular weight is 454 g/mol. The van der Waals surface area contributed by atoms with Crippen LogP contribution in [0.25, 0.3) is 22.0 Å². The number of hydrogen-bond donors (Lipinski definition) is 3. The minimum atomic E-state index is 0.536. The molecule has 2 aliphatic rings. The number of nitrogens with one attached hydrogen (secondary N) is 2. The number of nitrogens with zero attached hydrogens (tertiary/aromatic N) is 4. The third-order valence-corrected chi connectivity index (χ3v) is 6.69. The molecule has 8 heteroatoms. The van der Waals surface area contributed by atoms with Gasteiger partial charge in [-0.2, -0.15) is 0 Å². The van der Waals surface area contributed by atoms with E-state index in [2.05, 4.69) is 57.7 Å². The van der Waals surface area contributed by atoms with Crippen LogP contribution in [0.3, 0.4) is 0 Å². The monoisotopic (exact) mass is 453 g/mol. The van der Waals surface area contributed by atoms with Gasteiger partial charge in [-0.05, 0) is 55.3 Å². The fraction of sp³-hybridized carbons (Fsp3) is 0.269. The van der Waals surface area contributed by atoms with E-state index in [9.17, 15) is 0 Å². The van der Waals surface area contributed by atoms with Crippen molar-refractivity contribution in [3.8, 4) is 17.0 Å². The number of nitrogen functional groups attached to an aromatic ring is 1. The second kappa shape index (κ2) is 8.14. The number of rotatable bonds is 3. The molecule has 6 rings (SSSR count). The molecular weight excluding hydrogens is 426 g/mol. The summed E-state index contributed by atoms with van der Waals surface area (Å²) in [6.45, 7) is 5.49. The van der Waals surface area contributed by atoms with Gasteiger partial charge in [0.1, 0.15) is 12.3 Å². The van der Waals surface area contributed by atoms with Crippen molar-refractivity contribution in [1.82, 2.24) is 19.9 Å². The summed E-state index contributed by atoms with van der Waals surface area (Å²) in [6.07, 6.45) is 4.72. The largest absolute Gasteiger partial charge is 0.474 e. The molecule has 0 atom stereocenters. The molecule has 0 radical (unpaired) electrons. The first-order valence-corrected chi connectivity index (χ1v) is 11.6. The molecule has 0 aliphatic carbocycles. The van der Waals surface area contributed by atoms with Crippen LogP contribution in [0.2, 0.25) is 0 Å². The molecule has 4 aromatic rings. The molecule has 0 saturated carbocycles. The summed E-state index contributed by atoms with van der Waals surface area (Å²) >= 11 is 0. The number of anilines is 4. The Hall–Kier alpha value is -3.91. The third kappa shape index (κ3) is 3.56. The van der Waals surface area contributed by atoms with Crippen LogP contribution >= 0.6 is 0 Å². The van der Waals surface area contributed by atoms with E-state index >= 15 is 0 Å². The normalized spacial score (nSPS) is 15.2. The van der Waals surface area contributed by atoms with E-state index < -0.39 is 0 Å². The molecule has 0 fully saturated rings. The smallest absolute Gasteiger partial charge is 0.237 e. The summed E-state index contributed by atoms with van der Waals surface area (Å²) < 4.78 is 5.70. The first-order valence-electron chi connectivity index (χ1n) is 11.6. The molecule has 172 valence electrons. The summed E-state index contributed by atoms with van der Waals surface area (Å²) in [4.78, 5) is 16.3. The Balaban J connectivity index is 1.41. The van der Waals surface area contributed by atoms with Crippen molar-refractivity contribution in [2.75, 3.05) is 43.1 Å². The lowest BCUT2D eigenvalue weighted by Crippen LogP contribution is -2.26. The van der Waals surface area contributed by atoms with E-state index in [-0.39, 0.29) is 0 Å². The molecular formula is C26H27N7O. The van der Waals surface area contributed by atoms with Crippen molar-refractivity contribution in [3.05, 3.63) is 59.4 Å². The van der Waals surface area contributed by atoms with Crippen LogP contribution in [0.4, 0.5) is 23.0 Å². The number of benzene rings is 2. The first kappa shape index (κ1) is 20.7. The lowest BCUT2D eigenvalue weighted by Gasteiger charge is -2.25. The topological polar surface area (TPSA) is 101 Å². The van der Waals surface area contributed by atoms with Gasteiger partial charge in [-0.3, -0.25) is 0 Å².